The monoisotopic (exact) mass is 418 g/mol. The van der Waals surface area contributed by atoms with Crippen LogP contribution in [0.15, 0.2) is 22.8 Å². The molecule has 23 heavy (non-hydrogen) atoms. The Kier molecular flexibility index (Phi) is 6.80. The fourth-order valence-corrected chi connectivity index (χ4v) is 2.61. The second-order valence-corrected chi connectivity index (χ2v) is 6.54. The molecule has 1 aromatic carbocycles. The number of nitrogen functional groups attached to an aromatic ring is 1. The van der Waals surface area contributed by atoms with E-state index in [0.29, 0.717) is 17.2 Å². The van der Waals surface area contributed by atoms with Crippen LogP contribution in [0.1, 0.15) is 41.6 Å². The van der Waals surface area contributed by atoms with Crippen molar-refractivity contribution in [2.75, 3.05) is 11.1 Å². The van der Waals surface area contributed by atoms with E-state index in [-0.39, 0.29) is 29.0 Å². The van der Waals surface area contributed by atoms with Crippen LogP contribution in [-0.2, 0) is 0 Å². The zero-order chi connectivity index (χ0) is 16.4. The summed E-state index contributed by atoms with van der Waals surface area (Å²) >= 11 is 9.42. The Morgan fingerprint density at radius 3 is 2.65 bits per heavy atom. The van der Waals surface area contributed by atoms with E-state index in [0.717, 1.165) is 10.0 Å². The van der Waals surface area contributed by atoms with E-state index >= 15 is 0 Å². The van der Waals surface area contributed by atoms with E-state index < -0.39 is 5.91 Å². The summed E-state index contributed by atoms with van der Waals surface area (Å²) in [6.45, 7) is 5.76. The van der Waals surface area contributed by atoms with Crippen molar-refractivity contribution in [2.24, 2.45) is 0 Å². The number of amides is 1. The normalized spacial score (nSPS) is 10.3. The van der Waals surface area contributed by atoms with Crippen molar-refractivity contribution in [3.63, 3.8) is 0 Å². The third kappa shape index (κ3) is 4.56. The largest absolute Gasteiger partial charge is 0.397 e. The Bertz CT molecular complexity index is 738. The zero-order valence-electron chi connectivity index (χ0n) is 12.9. The standard InChI is InChI=1S/C15H16BrClN4O.ClH/c1-7(2)14-19-6-10(17)13(21-14)15(22)20-11-5-9(16)4-8(3)12(11)18;/h4-7H,18H2,1-3H3,(H,20,22);1H. The van der Waals surface area contributed by atoms with E-state index in [9.17, 15) is 4.79 Å². The highest BCUT2D eigenvalue weighted by atomic mass is 79.9. The zero-order valence-corrected chi connectivity index (χ0v) is 16.0. The van der Waals surface area contributed by atoms with Gasteiger partial charge in [-0.25, -0.2) is 9.97 Å². The molecular weight excluding hydrogens is 403 g/mol. The number of halogens is 3. The Labute approximate surface area is 154 Å². The molecule has 2 rings (SSSR count). The van der Waals surface area contributed by atoms with Gasteiger partial charge in [-0.15, -0.1) is 12.4 Å². The highest BCUT2D eigenvalue weighted by Gasteiger charge is 2.17. The minimum Gasteiger partial charge on any atom is -0.397 e. The molecule has 0 saturated carbocycles. The number of nitrogens with zero attached hydrogens (tertiary/aromatic N) is 2. The fraction of sp³-hybridized carbons (Fsp3) is 0.267. The van der Waals surface area contributed by atoms with Crippen molar-refractivity contribution < 1.29 is 4.79 Å². The molecule has 1 amide bonds. The predicted octanol–water partition coefficient (Wildman–Crippen LogP) is 4.58. The first-order valence-corrected chi connectivity index (χ1v) is 7.86. The van der Waals surface area contributed by atoms with E-state index in [1.54, 1.807) is 6.07 Å². The SMILES string of the molecule is Cc1cc(Br)cc(NC(=O)c2nc(C(C)C)ncc2Cl)c1N.Cl. The number of hydrogen-bond donors (Lipinski definition) is 2. The summed E-state index contributed by atoms with van der Waals surface area (Å²) in [5.74, 6) is 0.244. The Balaban J connectivity index is 0.00000264. The maximum absolute atomic E-state index is 12.4. The molecule has 5 nitrogen and oxygen atoms in total. The summed E-state index contributed by atoms with van der Waals surface area (Å²) in [7, 11) is 0. The van der Waals surface area contributed by atoms with Crippen molar-refractivity contribution in [1.29, 1.82) is 0 Å². The minimum atomic E-state index is -0.418. The van der Waals surface area contributed by atoms with E-state index in [2.05, 4.69) is 31.2 Å². The lowest BCUT2D eigenvalue weighted by Crippen LogP contribution is -2.17. The number of benzene rings is 1. The quantitative estimate of drug-likeness (QED) is 0.713. The van der Waals surface area contributed by atoms with Gasteiger partial charge in [0.2, 0.25) is 0 Å². The molecule has 0 saturated heterocycles. The lowest BCUT2D eigenvalue weighted by atomic mass is 10.1. The molecule has 0 aliphatic carbocycles. The van der Waals surface area contributed by atoms with Gasteiger partial charge in [0.05, 0.1) is 22.6 Å². The lowest BCUT2D eigenvalue weighted by Gasteiger charge is -2.12. The number of anilines is 2. The van der Waals surface area contributed by atoms with Crippen LogP contribution in [0.2, 0.25) is 5.02 Å². The summed E-state index contributed by atoms with van der Waals surface area (Å²) < 4.78 is 0.825. The van der Waals surface area contributed by atoms with Gasteiger partial charge in [-0.1, -0.05) is 41.4 Å². The molecule has 1 aromatic heterocycles. The second kappa shape index (κ2) is 7.95. The summed E-state index contributed by atoms with van der Waals surface area (Å²) in [6.07, 6.45) is 1.44. The van der Waals surface area contributed by atoms with Gasteiger partial charge in [-0.3, -0.25) is 4.79 Å². The van der Waals surface area contributed by atoms with Gasteiger partial charge in [0.1, 0.15) is 5.82 Å². The lowest BCUT2D eigenvalue weighted by molar-refractivity contribution is 0.102. The Morgan fingerprint density at radius 2 is 2.04 bits per heavy atom. The van der Waals surface area contributed by atoms with Crippen LogP contribution in [0.5, 0.6) is 0 Å². The molecule has 0 unspecified atom stereocenters. The van der Waals surface area contributed by atoms with Crippen molar-refractivity contribution in [2.45, 2.75) is 26.7 Å². The van der Waals surface area contributed by atoms with Crippen molar-refractivity contribution >= 4 is 57.2 Å². The van der Waals surface area contributed by atoms with Crippen molar-refractivity contribution in [3.8, 4) is 0 Å². The number of rotatable bonds is 3. The molecule has 0 radical (unpaired) electrons. The number of carbonyl (C=O) groups excluding carboxylic acids is 1. The van der Waals surface area contributed by atoms with Gasteiger partial charge in [-0.2, -0.15) is 0 Å². The third-order valence-corrected chi connectivity index (χ3v) is 3.83. The van der Waals surface area contributed by atoms with Crippen molar-refractivity contribution in [1.82, 2.24) is 9.97 Å². The summed E-state index contributed by atoms with van der Waals surface area (Å²) in [4.78, 5) is 20.8. The van der Waals surface area contributed by atoms with E-state index in [1.807, 2.05) is 26.8 Å². The molecule has 1 heterocycles. The summed E-state index contributed by atoms with van der Waals surface area (Å²) in [6, 6.07) is 3.61. The highest BCUT2D eigenvalue weighted by Crippen LogP contribution is 2.28. The first-order chi connectivity index (χ1) is 10.3. The topological polar surface area (TPSA) is 80.9 Å². The van der Waals surface area contributed by atoms with Crippen LogP contribution >= 0.6 is 39.9 Å². The Morgan fingerprint density at radius 1 is 1.39 bits per heavy atom. The average molecular weight is 420 g/mol. The van der Waals surface area contributed by atoms with Gasteiger partial charge in [-0.05, 0) is 24.6 Å². The van der Waals surface area contributed by atoms with E-state index in [1.165, 1.54) is 6.20 Å². The van der Waals surface area contributed by atoms with Crippen LogP contribution < -0.4 is 11.1 Å². The van der Waals surface area contributed by atoms with Crippen LogP contribution in [-0.4, -0.2) is 15.9 Å². The van der Waals surface area contributed by atoms with Gasteiger partial charge in [0.25, 0.3) is 5.91 Å². The number of hydrogen-bond acceptors (Lipinski definition) is 4. The van der Waals surface area contributed by atoms with Crippen molar-refractivity contribution in [3.05, 3.63) is 44.9 Å². The first kappa shape index (κ1) is 19.7. The van der Waals surface area contributed by atoms with Gasteiger partial charge < -0.3 is 11.1 Å². The maximum atomic E-state index is 12.4. The summed E-state index contributed by atoms with van der Waals surface area (Å²) in [5, 5.41) is 2.95. The molecular formula is C15H17BrCl2N4O. The predicted molar refractivity (Wildman–Crippen MR) is 99.6 cm³/mol. The van der Waals surface area contributed by atoms with Crippen LogP contribution in [0.25, 0.3) is 0 Å². The van der Waals surface area contributed by atoms with Gasteiger partial charge in [0.15, 0.2) is 5.69 Å². The molecule has 0 spiro atoms. The van der Waals surface area contributed by atoms with Gasteiger partial charge in [0, 0.05) is 10.4 Å². The molecule has 0 bridgehead atoms. The highest BCUT2D eigenvalue weighted by molar-refractivity contribution is 9.10. The molecule has 0 fully saturated rings. The molecule has 3 N–H and O–H groups in total. The number of nitrogens with one attached hydrogen (secondary N) is 1. The average Bonchev–Trinajstić information content (AvgIpc) is 2.44. The maximum Gasteiger partial charge on any atom is 0.276 e. The Hall–Kier alpha value is -1.37. The van der Waals surface area contributed by atoms with E-state index in [4.69, 9.17) is 17.3 Å². The van der Waals surface area contributed by atoms with Crippen LogP contribution in [0.4, 0.5) is 11.4 Å². The molecule has 0 aliphatic heterocycles. The molecule has 124 valence electrons. The molecule has 8 heteroatoms. The second-order valence-electron chi connectivity index (χ2n) is 5.22. The minimum absolute atomic E-state index is 0. The van der Waals surface area contributed by atoms with Crippen LogP contribution in [0.3, 0.4) is 0 Å². The number of aryl methyl sites for hydroxylation is 1. The smallest absolute Gasteiger partial charge is 0.276 e. The van der Waals surface area contributed by atoms with Gasteiger partial charge >= 0.3 is 0 Å². The number of nitrogens with two attached hydrogens (primary N) is 1. The molecule has 0 atom stereocenters. The first-order valence-electron chi connectivity index (χ1n) is 6.69. The number of aromatic nitrogens is 2. The van der Waals surface area contributed by atoms with Crippen LogP contribution in [0, 0.1) is 6.92 Å². The molecule has 0 aliphatic rings. The fourth-order valence-electron chi connectivity index (χ4n) is 1.86. The summed E-state index contributed by atoms with van der Waals surface area (Å²) in [5.41, 5.74) is 8.01. The number of carbonyl (C=O) groups is 1. The molecule has 2 aromatic rings. The third-order valence-electron chi connectivity index (χ3n) is 3.09.